The van der Waals surface area contributed by atoms with Gasteiger partial charge in [0.15, 0.2) is 0 Å². The highest BCUT2D eigenvalue weighted by molar-refractivity contribution is 7.85. The van der Waals surface area contributed by atoms with E-state index in [9.17, 15) is 9.00 Å². The van der Waals surface area contributed by atoms with Crippen LogP contribution in [0.2, 0.25) is 5.02 Å². The molecule has 0 radical (unpaired) electrons. The Hall–Kier alpha value is -1.66. The maximum absolute atomic E-state index is 12.0. The van der Waals surface area contributed by atoms with Gasteiger partial charge in [-0.2, -0.15) is 0 Å². The Morgan fingerprint density at radius 2 is 2.00 bits per heavy atom. The van der Waals surface area contributed by atoms with Crippen LogP contribution in [0.4, 0.5) is 5.69 Å². The van der Waals surface area contributed by atoms with E-state index in [0.29, 0.717) is 22.2 Å². The molecule has 0 bridgehead atoms. The number of halogens is 1. The number of carbonyl (C=O) groups is 1. The van der Waals surface area contributed by atoms with Gasteiger partial charge in [-0.25, -0.2) is 0 Å². The lowest BCUT2D eigenvalue weighted by Crippen LogP contribution is -2.20. The zero-order valence-electron chi connectivity index (χ0n) is 11.7. The molecule has 0 spiro atoms. The van der Waals surface area contributed by atoms with Gasteiger partial charge in [-0.05, 0) is 38.1 Å². The zero-order chi connectivity index (χ0) is 15.4. The van der Waals surface area contributed by atoms with Crippen molar-refractivity contribution in [1.82, 2.24) is 5.16 Å². The number of nitrogens with one attached hydrogen (secondary N) is 1. The van der Waals surface area contributed by atoms with Crippen LogP contribution in [0.25, 0.3) is 0 Å². The first-order valence-corrected chi connectivity index (χ1v) is 8.14. The summed E-state index contributed by atoms with van der Waals surface area (Å²) in [5.74, 6) is 0.517. The van der Waals surface area contributed by atoms with Crippen molar-refractivity contribution in [2.45, 2.75) is 19.6 Å². The molecule has 1 N–H and O–H groups in total. The maximum atomic E-state index is 12.0. The molecular weight excluding hydrogens is 312 g/mol. The first kappa shape index (κ1) is 15.7. The van der Waals surface area contributed by atoms with Crippen LogP contribution in [-0.4, -0.2) is 21.0 Å². The van der Waals surface area contributed by atoms with Crippen LogP contribution in [-0.2, 0) is 21.3 Å². The van der Waals surface area contributed by atoms with E-state index in [-0.39, 0.29) is 17.4 Å². The Morgan fingerprint density at radius 3 is 2.57 bits per heavy atom. The Labute approximate surface area is 130 Å². The third-order valence-corrected chi connectivity index (χ3v) is 4.35. The SMILES string of the molecule is Cc1noc(C)c1CS(=O)CC(=O)Nc1ccc(Cl)cc1. The van der Waals surface area contributed by atoms with Crippen LogP contribution >= 0.6 is 11.6 Å². The van der Waals surface area contributed by atoms with Gasteiger partial charge in [0, 0.05) is 27.1 Å². The highest BCUT2D eigenvalue weighted by Gasteiger charge is 2.15. The number of amides is 1. The first-order valence-electron chi connectivity index (χ1n) is 6.28. The van der Waals surface area contributed by atoms with Crippen molar-refractivity contribution < 1.29 is 13.5 Å². The summed E-state index contributed by atoms with van der Waals surface area (Å²) in [5.41, 5.74) is 2.13. The second-order valence-electron chi connectivity index (χ2n) is 4.59. The molecule has 2 aromatic rings. The summed E-state index contributed by atoms with van der Waals surface area (Å²) >= 11 is 5.77. The molecule has 0 aliphatic rings. The largest absolute Gasteiger partial charge is 0.361 e. The summed E-state index contributed by atoms with van der Waals surface area (Å²) < 4.78 is 17.0. The number of nitrogens with zero attached hydrogens (tertiary/aromatic N) is 1. The molecule has 1 atom stereocenters. The monoisotopic (exact) mass is 326 g/mol. The third-order valence-electron chi connectivity index (χ3n) is 2.91. The average molecular weight is 327 g/mol. The molecule has 1 aromatic heterocycles. The lowest BCUT2D eigenvalue weighted by Gasteiger charge is -2.05. The fourth-order valence-corrected chi connectivity index (χ4v) is 3.12. The van der Waals surface area contributed by atoms with Crippen molar-refractivity contribution in [2.24, 2.45) is 0 Å². The van der Waals surface area contributed by atoms with Gasteiger partial charge in [-0.3, -0.25) is 9.00 Å². The van der Waals surface area contributed by atoms with E-state index in [1.807, 2.05) is 0 Å². The second kappa shape index (κ2) is 6.87. The van der Waals surface area contributed by atoms with Crippen LogP contribution in [0.1, 0.15) is 17.0 Å². The van der Waals surface area contributed by atoms with E-state index >= 15 is 0 Å². The molecule has 0 aliphatic carbocycles. The van der Waals surface area contributed by atoms with Gasteiger partial charge in [0.1, 0.15) is 11.5 Å². The normalized spacial score (nSPS) is 12.1. The van der Waals surface area contributed by atoms with Crippen LogP contribution in [0.15, 0.2) is 28.8 Å². The zero-order valence-corrected chi connectivity index (χ0v) is 13.3. The molecule has 1 unspecified atom stereocenters. The molecule has 2 rings (SSSR count). The van der Waals surface area contributed by atoms with Crippen LogP contribution in [0.3, 0.4) is 0 Å². The van der Waals surface area contributed by atoms with Crippen molar-refractivity contribution in [3.8, 4) is 0 Å². The average Bonchev–Trinajstić information content (AvgIpc) is 2.73. The second-order valence-corrected chi connectivity index (χ2v) is 6.48. The van der Waals surface area contributed by atoms with Crippen molar-refractivity contribution in [2.75, 3.05) is 11.1 Å². The molecule has 0 aliphatic heterocycles. The topological polar surface area (TPSA) is 72.2 Å². The lowest BCUT2D eigenvalue weighted by molar-refractivity contribution is -0.113. The molecule has 1 aromatic carbocycles. The minimum absolute atomic E-state index is 0.0767. The van der Waals surface area contributed by atoms with Crippen molar-refractivity contribution in [1.29, 1.82) is 0 Å². The Bertz CT molecular complexity index is 648. The fourth-order valence-electron chi connectivity index (χ4n) is 1.80. The van der Waals surface area contributed by atoms with Gasteiger partial charge in [0.05, 0.1) is 11.4 Å². The predicted molar refractivity (Wildman–Crippen MR) is 82.8 cm³/mol. The number of aromatic nitrogens is 1. The van der Waals surface area contributed by atoms with E-state index in [4.69, 9.17) is 16.1 Å². The van der Waals surface area contributed by atoms with Crippen LogP contribution in [0, 0.1) is 13.8 Å². The summed E-state index contributed by atoms with van der Waals surface area (Å²) in [6, 6.07) is 6.74. The van der Waals surface area contributed by atoms with Gasteiger partial charge in [-0.15, -0.1) is 0 Å². The Balaban J connectivity index is 1.90. The van der Waals surface area contributed by atoms with Crippen molar-refractivity contribution >= 4 is 34.0 Å². The van der Waals surface area contributed by atoms with Crippen molar-refractivity contribution in [3.63, 3.8) is 0 Å². The number of carbonyl (C=O) groups excluding carboxylic acids is 1. The molecule has 21 heavy (non-hydrogen) atoms. The summed E-state index contributed by atoms with van der Waals surface area (Å²) in [6.45, 7) is 3.55. The molecule has 112 valence electrons. The molecule has 1 amide bonds. The fraction of sp³-hybridized carbons (Fsp3) is 0.286. The summed E-state index contributed by atoms with van der Waals surface area (Å²) in [5, 5.41) is 7.07. The number of rotatable bonds is 5. The van der Waals surface area contributed by atoms with E-state index in [1.165, 1.54) is 0 Å². The van der Waals surface area contributed by atoms with E-state index in [2.05, 4.69) is 10.5 Å². The van der Waals surface area contributed by atoms with E-state index in [0.717, 1.165) is 5.56 Å². The summed E-state index contributed by atoms with van der Waals surface area (Å²) in [7, 11) is -1.32. The minimum atomic E-state index is -1.32. The van der Waals surface area contributed by atoms with E-state index in [1.54, 1.807) is 38.1 Å². The minimum Gasteiger partial charge on any atom is -0.361 e. The number of aryl methyl sites for hydroxylation is 2. The molecular formula is C14H15ClN2O3S. The van der Waals surface area contributed by atoms with Crippen LogP contribution < -0.4 is 5.32 Å². The van der Waals surface area contributed by atoms with Crippen molar-refractivity contribution in [3.05, 3.63) is 46.3 Å². The molecule has 0 saturated carbocycles. The predicted octanol–water partition coefficient (Wildman–Crippen LogP) is 2.83. The summed E-state index contributed by atoms with van der Waals surface area (Å²) in [6.07, 6.45) is 0. The standard InChI is InChI=1S/C14H15ClN2O3S/c1-9-13(10(2)20-17-9)7-21(19)8-14(18)16-12-5-3-11(15)4-6-12/h3-6H,7-8H2,1-2H3,(H,16,18). The molecule has 5 nitrogen and oxygen atoms in total. The molecule has 7 heteroatoms. The van der Waals surface area contributed by atoms with Gasteiger partial charge < -0.3 is 9.84 Å². The lowest BCUT2D eigenvalue weighted by atomic mass is 10.2. The van der Waals surface area contributed by atoms with E-state index < -0.39 is 10.8 Å². The van der Waals surface area contributed by atoms with Gasteiger partial charge in [0.25, 0.3) is 0 Å². The van der Waals surface area contributed by atoms with Gasteiger partial charge in [-0.1, -0.05) is 16.8 Å². The van der Waals surface area contributed by atoms with Crippen LogP contribution in [0.5, 0.6) is 0 Å². The highest BCUT2D eigenvalue weighted by atomic mass is 35.5. The number of anilines is 1. The maximum Gasteiger partial charge on any atom is 0.237 e. The van der Waals surface area contributed by atoms with Gasteiger partial charge >= 0.3 is 0 Å². The Morgan fingerprint density at radius 1 is 1.33 bits per heavy atom. The Kier molecular flexibility index (Phi) is 5.14. The smallest absolute Gasteiger partial charge is 0.237 e. The molecule has 0 saturated heterocycles. The molecule has 0 fully saturated rings. The summed E-state index contributed by atoms with van der Waals surface area (Å²) in [4.78, 5) is 11.8. The number of benzene rings is 1. The quantitative estimate of drug-likeness (QED) is 0.917. The van der Waals surface area contributed by atoms with Gasteiger partial charge in [0.2, 0.25) is 5.91 Å². The molecule has 1 heterocycles. The number of hydrogen-bond donors (Lipinski definition) is 1. The highest BCUT2D eigenvalue weighted by Crippen LogP contribution is 2.15. The third kappa shape index (κ3) is 4.41. The first-order chi connectivity index (χ1) is 9.95. The number of hydrogen-bond acceptors (Lipinski definition) is 4.